The highest BCUT2D eigenvalue weighted by Crippen LogP contribution is 2.27. The number of hydrogen-bond donors (Lipinski definition) is 0. The molecular formula is C12H8ClFO3. The van der Waals surface area contributed by atoms with Crippen LogP contribution in [0.25, 0.3) is 0 Å². The molecule has 1 aromatic heterocycles. The van der Waals surface area contributed by atoms with Gasteiger partial charge >= 0.3 is 0 Å². The summed E-state index contributed by atoms with van der Waals surface area (Å²) in [5.74, 6) is -0.953. The van der Waals surface area contributed by atoms with E-state index in [1.165, 1.54) is 30.5 Å². The first-order valence-corrected chi connectivity index (χ1v) is 5.20. The first kappa shape index (κ1) is 11.7. The Balaban J connectivity index is 2.06. The summed E-state index contributed by atoms with van der Waals surface area (Å²) in [5, 5.41) is 0.122. The molecule has 2 aromatic rings. The van der Waals surface area contributed by atoms with E-state index in [-0.39, 0.29) is 28.9 Å². The summed E-state index contributed by atoms with van der Waals surface area (Å²) >= 11 is 5.74. The number of ether oxygens (including phenoxy) is 1. The molecule has 2 rings (SSSR count). The molecule has 0 aliphatic carbocycles. The number of halogens is 2. The molecule has 3 nitrogen and oxygen atoms in total. The Hall–Kier alpha value is -1.81. The quantitative estimate of drug-likeness (QED) is 0.786. The van der Waals surface area contributed by atoms with E-state index >= 15 is 0 Å². The smallest absolute Gasteiger partial charge is 0.235 e. The van der Waals surface area contributed by atoms with Crippen molar-refractivity contribution in [3.05, 3.63) is 53.2 Å². The van der Waals surface area contributed by atoms with Crippen LogP contribution < -0.4 is 4.74 Å². The van der Waals surface area contributed by atoms with E-state index in [9.17, 15) is 9.18 Å². The summed E-state index contributed by atoms with van der Waals surface area (Å²) < 4.78 is 23.2. The minimum absolute atomic E-state index is 0.122. The maximum absolute atomic E-state index is 13.3. The Morgan fingerprint density at radius 2 is 2.18 bits per heavy atom. The van der Waals surface area contributed by atoms with E-state index in [4.69, 9.17) is 20.8 Å². The van der Waals surface area contributed by atoms with Gasteiger partial charge in [-0.25, -0.2) is 4.39 Å². The molecule has 0 saturated carbocycles. The molecule has 0 radical (unpaired) electrons. The lowest BCUT2D eigenvalue weighted by Crippen LogP contribution is -2.11. The Morgan fingerprint density at radius 1 is 1.35 bits per heavy atom. The van der Waals surface area contributed by atoms with Crippen LogP contribution in [0.3, 0.4) is 0 Å². The molecule has 0 atom stereocenters. The van der Waals surface area contributed by atoms with Gasteiger partial charge in [0.05, 0.1) is 11.3 Å². The molecular weight excluding hydrogens is 247 g/mol. The van der Waals surface area contributed by atoms with Gasteiger partial charge in [-0.15, -0.1) is 0 Å². The van der Waals surface area contributed by atoms with Crippen molar-refractivity contribution in [1.82, 2.24) is 0 Å². The second kappa shape index (κ2) is 5.01. The van der Waals surface area contributed by atoms with Gasteiger partial charge in [-0.05, 0) is 24.3 Å². The van der Waals surface area contributed by atoms with Crippen LogP contribution in [0.1, 0.15) is 10.6 Å². The zero-order chi connectivity index (χ0) is 12.3. The van der Waals surface area contributed by atoms with E-state index < -0.39 is 5.82 Å². The van der Waals surface area contributed by atoms with Crippen molar-refractivity contribution >= 4 is 17.4 Å². The highest BCUT2D eigenvalue weighted by atomic mass is 35.5. The minimum Gasteiger partial charge on any atom is -0.481 e. The third kappa shape index (κ3) is 2.65. The molecule has 5 heteroatoms. The number of hydrogen-bond acceptors (Lipinski definition) is 3. The molecule has 1 heterocycles. The number of furan rings is 1. The van der Waals surface area contributed by atoms with Gasteiger partial charge in [-0.2, -0.15) is 0 Å². The lowest BCUT2D eigenvalue weighted by Gasteiger charge is -2.07. The summed E-state index contributed by atoms with van der Waals surface area (Å²) in [6.07, 6.45) is 1.38. The predicted molar refractivity (Wildman–Crippen MR) is 59.9 cm³/mol. The third-order valence-corrected chi connectivity index (χ3v) is 2.36. The molecule has 0 aliphatic heterocycles. The molecule has 0 fully saturated rings. The molecule has 0 saturated heterocycles. The average Bonchev–Trinajstić information content (AvgIpc) is 2.81. The zero-order valence-electron chi connectivity index (χ0n) is 8.65. The van der Waals surface area contributed by atoms with E-state index in [0.29, 0.717) is 0 Å². The SMILES string of the molecule is O=C(COc1c(F)cccc1Cl)c1ccco1. The van der Waals surface area contributed by atoms with Crippen LogP contribution in [-0.2, 0) is 0 Å². The summed E-state index contributed by atoms with van der Waals surface area (Å²) in [6, 6.07) is 7.24. The number of carbonyl (C=O) groups is 1. The highest BCUT2D eigenvalue weighted by Gasteiger charge is 2.13. The first-order valence-electron chi connectivity index (χ1n) is 4.82. The van der Waals surface area contributed by atoms with Gasteiger partial charge in [0, 0.05) is 0 Å². The van der Waals surface area contributed by atoms with Crippen LogP contribution in [-0.4, -0.2) is 12.4 Å². The number of carbonyl (C=O) groups excluding carboxylic acids is 1. The van der Waals surface area contributed by atoms with E-state index in [0.717, 1.165) is 0 Å². The minimum atomic E-state index is -0.607. The van der Waals surface area contributed by atoms with Crippen LogP contribution >= 0.6 is 11.6 Å². The van der Waals surface area contributed by atoms with Gasteiger partial charge in [-0.3, -0.25) is 4.79 Å². The second-order valence-corrected chi connectivity index (χ2v) is 3.65. The monoisotopic (exact) mass is 254 g/mol. The van der Waals surface area contributed by atoms with Crippen molar-refractivity contribution in [2.24, 2.45) is 0 Å². The lowest BCUT2D eigenvalue weighted by atomic mass is 10.3. The molecule has 0 aliphatic rings. The fourth-order valence-electron chi connectivity index (χ4n) is 1.27. The third-order valence-electron chi connectivity index (χ3n) is 2.06. The van der Waals surface area contributed by atoms with Crippen LogP contribution in [0, 0.1) is 5.82 Å². The van der Waals surface area contributed by atoms with Gasteiger partial charge in [-0.1, -0.05) is 17.7 Å². The summed E-state index contributed by atoms with van der Waals surface area (Å²) in [5.41, 5.74) is 0. The van der Waals surface area contributed by atoms with Crippen molar-refractivity contribution < 1.29 is 18.3 Å². The van der Waals surface area contributed by atoms with Gasteiger partial charge < -0.3 is 9.15 Å². The maximum atomic E-state index is 13.3. The van der Waals surface area contributed by atoms with E-state index in [2.05, 4.69) is 0 Å². The highest BCUT2D eigenvalue weighted by molar-refractivity contribution is 6.32. The summed E-state index contributed by atoms with van der Waals surface area (Å²) in [6.45, 7) is -0.325. The molecule has 17 heavy (non-hydrogen) atoms. The molecule has 0 bridgehead atoms. The van der Waals surface area contributed by atoms with Crippen LogP contribution in [0.15, 0.2) is 41.0 Å². The number of benzene rings is 1. The topological polar surface area (TPSA) is 39.4 Å². The Labute approximate surface area is 102 Å². The van der Waals surface area contributed by atoms with Gasteiger partial charge in [0.25, 0.3) is 0 Å². The Morgan fingerprint density at radius 3 is 2.82 bits per heavy atom. The van der Waals surface area contributed by atoms with Gasteiger partial charge in [0.15, 0.2) is 23.9 Å². The molecule has 1 aromatic carbocycles. The van der Waals surface area contributed by atoms with Crippen LogP contribution in [0.2, 0.25) is 5.02 Å². The molecule has 0 unspecified atom stereocenters. The van der Waals surface area contributed by atoms with Crippen molar-refractivity contribution in [3.8, 4) is 5.75 Å². The Bertz CT molecular complexity index is 502. The summed E-state index contributed by atoms with van der Waals surface area (Å²) in [4.78, 5) is 11.5. The number of ketones is 1. The van der Waals surface area contributed by atoms with Crippen molar-refractivity contribution in [2.75, 3.05) is 6.61 Å². The Kier molecular flexibility index (Phi) is 3.44. The standard InChI is InChI=1S/C12H8ClFO3/c13-8-3-1-4-9(14)12(8)17-7-10(15)11-5-2-6-16-11/h1-6H,7H2. The van der Waals surface area contributed by atoms with E-state index in [1.54, 1.807) is 6.07 Å². The molecule has 0 N–H and O–H groups in total. The molecule has 88 valence electrons. The van der Waals surface area contributed by atoms with Crippen molar-refractivity contribution in [3.63, 3.8) is 0 Å². The van der Waals surface area contributed by atoms with Crippen LogP contribution in [0.4, 0.5) is 4.39 Å². The van der Waals surface area contributed by atoms with E-state index in [1.807, 2.05) is 0 Å². The fraction of sp³-hybridized carbons (Fsp3) is 0.0833. The first-order chi connectivity index (χ1) is 8.18. The zero-order valence-corrected chi connectivity index (χ0v) is 9.41. The summed E-state index contributed by atoms with van der Waals surface area (Å²) in [7, 11) is 0. The normalized spacial score (nSPS) is 10.2. The average molecular weight is 255 g/mol. The van der Waals surface area contributed by atoms with Crippen LogP contribution in [0.5, 0.6) is 5.75 Å². The van der Waals surface area contributed by atoms with Crippen molar-refractivity contribution in [2.45, 2.75) is 0 Å². The fourth-order valence-corrected chi connectivity index (χ4v) is 1.48. The van der Waals surface area contributed by atoms with Crippen molar-refractivity contribution in [1.29, 1.82) is 0 Å². The second-order valence-electron chi connectivity index (χ2n) is 3.24. The largest absolute Gasteiger partial charge is 0.481 e. The number of para-hydroxylation sites is 1. The molecule has 0 amide bonds. The maximum Gasteiger partial charge on any atom is 0.235 e. The lowest BCUT2D eigenvalue weighted by molar-refractivity contribution is 0.0891. The number of rotatable bonds is 4. The van der Waals surface area contributed by atoms with Gasteiger partial charge in [0.1, 0.15) is 0 Å². The number of Topliss-reactive ketones (excluding diaryl/α,β-unsaturated/α-hetero) is 1. The molecule has 0 spiro atoms. The van der Waals surface area contributed by atoms with Gasteiger partial charge in [0.2, 0.25) is 5.78 Å². The predicted octanol–water partition coefficient (Wildman–Crippen LogP) is 3.33.